The molecule has 1 saturated heterocycles. The number of rotatable bonds is 5. The summed E-state index contributed by atoms with van der Waals surface area (Å²) in [7, 11) is 0. The van der Waals surface area contributed by atoms with Crippen LogP contribution in [0.15, 0.2) is 24.3 Å². The van der Waals surface area contributed by atoms with Gasteiger partial charge in [0, 0.05) is 37.7 Å². The van der Waals surface area contributed by atoms with E-state index >= 15 is 0 Å². The Morgan fingerprint density at radius 2 is 1.58 bits per heavy atom. The molecule has 0 unspecified atom stereocenters. The summed E-state index contributed by atoms with van der Waals surface area (Å²) in [4.78, 5) is 4.17. The van der Waals surface area contributed by atoms with E-state index in [9.17, 15) is 8.78 Å². The number of piperazine rings is 1. The third kappa shape index (κ3) is 5.05. The van der Waals surface area contributed by atoms with Crippen LogP contribution < -0.4 is 0 Å². The normalized spacial score (nSPS) is 18.1. The lowest BCUT2D eigenvalue weighted by Crippen LogP contribution is -2.48. The molecule has 1 fully saturated rings. The minimum atomic E-state index is -2.22. The SMILES string of the molecule is FC(F)CN1CCN(CCc2ccc(Cl)cc2)CC1. The summed E-state index contributed by atoms with van der Waals surface area (Å²) in [6, 6.07) is 7.87. The molecule has 0 saturated carbocycles. The highest BCUT2D eigenvalue weighted by Gasteiger charge is 2.19. The average Bonchev–Trinajstić information content (AvgIpc) is 2.39. The van der Waals surface area contributed by atoms with Crippen molar-refractivity contribution >= 4 is 11.6 Å². The van der Waals surface area contributed by atoms with Crippen molar-refractivity contribution in [2.45, 2.75) is 12.8 Å². The van der Waals surface area contributed by atoms with E-state index in [0.717, 1.165) is 44.2 Å². The highest BCUT2D eigenvalue weighted by Crippen LogP contribution is 2.11. The molecule has 0 N–H and O–H groups in total. The van der Waals surface area contributed by atoms with Gasteiger partial charge in [0.25, 0.3) is 6.43 Å². The van der Waals surface area contributed by atoms with Crippen molar-refractivity contribution in [2.75, 3.05) is 39.3 Å². The summed E-state index contributed by atoms with van der Waals surface area (Å²) in [5, 5.41) is 0.754. The summed E-state index contributed by atoms with van der Waals surface area (Å²) >= 11 is 5.84. The zero-order valence-electron chi connectivity index (χ0n) is 10.9. The van der Waals surface area contributed by atoms with E-state index in [2.05, 4.69) is 4.90 Å². The minimum absolute atomic E-state index is 0.0922. The van der Waals surface area contributed by atoms with Crippen LogP contribution >= 0.6 is 11.6 Å². The van der Waals surface area contributed by atoms with Gasteiger partial charge in [0.2, 0.25) is 0 Å². The molecule has 0 amide bonds. The Kier molecular flexibility index (Phi) is 5.55. The predicted octanol–water partition coefficient (Wildman–Crippen LogP) is 2.77. The smallest absolute Gasteiger partial charge is 0.251 e. The second kappa shape index (κ2) is 7.17. The van der Waals surface area contributed by atoms with Crippen molar-refractivity contribution in [2.24, 2.45) is 0 Å². The molecule has 1 aliphatic rings. The Labute approximate surface area is 117 Å². The first kappa shape index (κ1) is 14.7. The maximum atomic E-state index is 12.3. The van der Waals surface area contributed by atoms with Crippen molar-refractivity contribution in [3.63, 3.8) is 0 Å². The van der Waals surface area contributed by atoms with Crippen LogP contribution in [0.25, 0.3) is 0 Å². The number of benzene rings is 1. The van der Waals surface area contributed by atoms with E-state index in [-0.39, 0.29) is 6.54 Å². The first-order valence-corrected chi connectivity index (χ1v) is 6.98. The lowest BCUT2D eigenvalue weighted by Gasteiger charge is -2.34. The standard InChI is InChI=1S/C14H19ClF2N2/c15-13-3-1-12(2-4-13)5-6-18-7-9-19(10-8-18)11-14(16)17/h1-4,14H,5-11H2. The fourth-order valence-corrected chi connectivity index (χ4v) is 2.45. The fraction of sp³-hybridized carbons (Fsp3) is 0.571. The van der Waals surface area contributed by atoms with Crippen LogP contribution in [0.5, 0.6) is 0 Å². The van der Waals surface area contributed by atoms with Crippen LogP contribution in [-0.2, 0) is 6.42 Å². The van der Waals surface area contributed by atoms with Crippen molar-refractivity contribution < 1.29 is 8.78 Å². The summed E-state index contributed by atoms with van der Waals surface area (Å²) in [6.45, 7) is 4.12. The zero-order chi connectivity index (χ0) is 13.7. The zero-order valence-corrected chi connectivity index (χ0v) is 11.6. The maximum Gasteiger partial charge on any atom is 0.251 e. The van der Waals surface area contributed by atoms with E-state index in [4.69, 9.17) is 11.6 Å². The van der Waals surface area contributed by atoms with E-state index in [1.807, 2.05) is 29.2 Å². The third-order valence-electron chi connectivity index (χ3n) is 3.49. The molecule has 5 heteroatoms. The van der Waals surface area contributed by atoms with Crippen molar-refractivity contribution in [1.82, 2.24) is 9.80 Å². The molecule has 0 radical (unpaired) electrons. The first-order valence-electron chi connectivity index (χ1n) is 6.61. The Morgan fingerprint density at radius 3 is 2.16 bits per heavy atom. The van der Waals surface area contributed by atoms with Gasteiger partial charge in [-0.2, -0.15) is 0 Å². The van der Waals surface area contributed by atoms with Gasteiger partial charge >= 0.3 is 0 Å². The van der Waals surface area contributed by atoms with Crippen molar-refractivity contribution in [3.8, 4) is 0 Å². The molecular formula is C14H19ClF2N2. The van der Waals surface area contributed by atoms with E-state index < -0.39 is 6.43 Å². The van der Waals surface area contributed by atoms with Gasteiger partial charge in [-0.1, -0.05) is 23.7 Å². The average molecular weight is 289 g/mol. The third-order valence-corrected chi connectivity index (χ3v) is 3.74. The van der Waals surface area contributed by atoms with Crippen LogP contribution in [0.4, 0.5) is 8.78 Å². The van der Waals surface area contributed by atoms with Crippen LogP contribution in [0.2, 0.25) is 5.02 Å². The second-order valence-corrected chi connectivity index (χ2v) is 5.35. The second-order valence-electron chi connectivity index (χ2n) is 4.91. The van der Waals surface area contributed by atoms with E-state index in [1.54, 1.807) is 0 Å². The van der Waals surface area contributed by atoms with E-state index in [0.29, 0.717) is 0 Å². The molecule has 1 aliphatic heterocycles. The molecule has 1 heterocycles. The van der Waals surface area contributed by atoms with Crippen LogP contribution in [-0.4, -0.2) is 55.5 Å². The Hall–Kier alpha value is -0.710. The quantitative estimate of drug-likeness (QED) is 0.822. The maximum absolute atomic E-state index is 12.3. The molecule has 0 spiro atoms. The predicted molar refractivity (Wildman–Crippen MR) is 74.0 cm³/mol. The molecule has 2 rings (SSSR count). The number of halogens is 3. The molecule has 1 aromatic carbocycles. The minimum Gasteiger partial charge on any atom is -0.300 e. The van der Waals surface area contributed by atoms with Gasteiger partial charge in [0.15, 0.2) is 0 Å². The molecular weight excluding hydrogens is 270 g/mol. The number of hydrogen-bond acceptors (Lipinski definition) is 2. The largest absolute Gasteiger partial charge is 0.300 e. The van der Waals surface area contributed by atoms with Crippen molar-refractivity contribution in [3.05, 3.63) is 34.9 Å². The Balaban J connectivity index is 1.69. The van der Waals surface area contributed by atoms with Gasteiger partial charge in [-0.3, -0.25) is 4.90 Å². The van der Waals surface area contributed by atoms with Gasteiger partial charge in [-0.15, -0.1) is 0 Å². The monoisotopic (exact) mass is 288 g/mol. The van der Waals surface area contributed by atoms with Gasteiger partial charge in [-0.25, -0.2) is 8.78 Å². The van der Waals surface area contributed by atoms with Crippen LogP contribution in [0, 0.1) is 0 Å². The topological polar surface area (TPSA) is 6.48 Å². The molecule has 1 aromatic rings. The molecule has 0 aliphatic carbocycles. The van der Waals surface area contributed by atoms with Gasteiger partial charge in [0.1, 0.15) is 0 Å². The van der Waals surface area contributed by atoms with Crippen LogP contribution in [0.3, 0.4) is 0 Å². The summed E-state index contributed by atoms with van der Waals surface area (Å²) in [5.74, 6) is 0. The summed E-state index contributed by atoms with van der Waals surface area (Å²) in [5.41, 5.74) is 1.26. The van der Waals surface area contributed by atoms with Gasteiger partial charge in [0.05, 0.1) is 6.54 Å². The molecule has 106 valence electrons. The summed E-state index contributed by atoms with van der Waals surface area (Å²) in [6.07, 6.45) is -1.24. The van der Waals surface area contributed by atoms with Gasteiger partial charge in [-0.05, 0) is 24.1 Å². The number of alkyl halides is 2. The highest BCUT2D eigenvalue weighted by molar-refractivity contribution is 6.30. The van der Waals surface area contributed by atoms with Crippen molar-refractivity contribution in [1.29, 1.82) is 0 Å². The summed E-state index contributed by atoms with van der Waals surface area (Å²) < 4.78 is 24.5. The molecule has 0 aromatic heterocycles. The lowest BCUT2D eigenvalue weighted by molar-refractivity contribution is 0.0566. The molecule has 0 atom stereocenters. The first-order chi connectivity index (χ1) is 9.13. The number of hydrogen-bond donors (Lipinski definition) is 0. The van der Waals surface area contributed by atoms with E-state index in [1.165, 1.54) is 5.56 Å². The molecule has 2 nitrogen and oxygen atoms in total. The van der Waals surface area contributed by atoms with Crippen LogP contribution in [0.1, 0.15) is 5.56 Å². The Morgan fingerprint density at radius 1 is 1.00 bits per heavy atom. The molecule has 19 heavy (non-hydrogen) atoms. The highest BCUT2D eigenvalue weighted by atomic mass is 35.5. The fourth-order valence-electron chi connectivity index (χ4n) is 2.33. The number of nitrogens with zero attached hydrogens (tertiary/aromatic N) is 2. The Bertz CT molecular complexity index is 376. The van der Waals surface area contributed by atoms with Gasteiger partial charge < -0.3 is 4.90 Å². The molecule has 0 bridgehead atoms. The lowest BCUT2D eigenvalue weighted by atomic mass is 10.1.